The third-order valence-corrected chi connectivity index (χ3v) is 7.68. The van der Waals surface area contributed by atoms with Crippen molar-refractivity contribution >= 4 is 0 Å². The number of phenols is 2. The van der Waals surface area contributed by atoms with Crippen molar-refractivity contribution in [1.82, 2.24) is 0 Å². The predicted octanol–water partition coefficient (Wildman–Crippen LogP) is -3.51. The summed E-state index contributed by atoms with van der Waals surface area (Å²) in [5, 5.41) is 111. The Morgan fingerprint density at radius 1 is 0.674 bits per heavy atom. The number of hydrogen-bond donors (Lipinski definition) is 11. The Morgan fingerprint density at radius 2 is 1.26 bits per heavy atom. The van der Waals surface area contributed by atoms with E-state index in [1.807, 2.05) is 0 Å². The second-order valence-electron chi connectivity index (χ2n) is 10.6. The summed E-state index contributed by atoms with van der Waals surface area (Å²) in [6.45, 7) is -1.36. The van der Waals surface area contributed by atoms with Gasteiger partial charge in [0.1, 0.15) is 72.2 Å². The van der Waals surface area contributed by atoms with Gasteiger partial charge in [0.25, 0.3) is 0 Å². The first kappa shape index (κ1) is 31.4. The van der Waals surface area contributed by atoms with E-state index in [2.05, 4.69) is 0 Å². The van der Waals surface area contributed by atoms with Crippen molar-refractivity contribution in [2.45, 2.75) is 80.0 Å². The van der Waals surface area contributed by atoms with Gasteiger partial charge in [0.2, 0.25) is 12.6 Å². The molecule has 2 fully saturated rings. The Bertz CT molecular complexity index is 1270. The molecule has 3 aliphatic rings. The summed E-state index contributed by atoms with van der Waals surface area (Å²) in [5.74, 6) is -0.982. The second-order valence-corrected chi connectivity index (χ2v) is 10.6. The van der Waals surface area contributed by atoms with E-state index in [4.69, 9.17) is 23.7 Å². The zero-order valence-electron chi connectivity index (χ0n) is 22.4. The zero-order chi connectivity index (χ0) is 31.2. The molecule has 0 spiro atoms. The topological polar surface area (TPSA) is 269 Å². The van der Waals surface area contributed by atoms with E-state index >= 15 is 0 Å². The number of rotatable bonds is 7. The predicted molar refractivity (Wildman–Crippen MR) is 138 cm³/mol. The van der Waals surface area contributed by atoms with Gasteiger partial charge in [-0.15, -0.1) is 0 Å². The van der Waals surface area contributed by atoms with E-state index in [9.17, 15) is 56.2 Å². The minimum atomic E-state index is -1.74. The van der Waals surface area contributed by atoms with E-state index < -0.39 is 92.6 Å². The lowest BCUT2D eigenvalue weighted by atomic mass is 9.93. The molecule has 0 saturated carbocycles. The minimum Gasteiger partial charge on any atom is -0.507 e. The first-order valence-electron chi connectivity index (χ1n) is 13.4. The maximum absolute atomic E-state index is 10.9. The quantitative estimate of drug-likeness (QED) is 0.144. The summed E-state index contributed by atoms with van der Waals surface area (Å²) < 4.78 is 27.8. The summed E-state index contributed by atoms with van der Waals surface area (Å²) in [6.07, 6.45) is -18.0. The van der Waals surface area contributed by atoms with Crippen LogP contribution in [0.4, 0.5) is 0 Å². The molecule has 2 aromatic rings. The van der Waals surface area contributed by atoms with Crippen LogP contribution in [-0.2, 0) is 15.9 Å². The molecule has 5 rings (SSSR count). The highest BCUT2D eigenvalue weighted by atomic mass is 16.7. The maximum atomic E-state index is 10.9. The molecule has 0 amide bonds. The summed E-state index contributed by atoms with van der Waals surface area (Å²) >= 11 is 0. The van der Waals surface area contributed by atoms with Crippen LogP contribution in [0.1, 0.15) is 17.2 Å². The lowest BCUT2D eigenvalue weighted by Crippen LogP contribution is -2.60. The Balaban J connectivity index is 1.36. The lowest BCUT2D eigenvalue weighted by molar-refractivity contribution is -0.277. The molecular weight excluding hydrogens is 580 g/mol. The molecule has 2 saturated heterocycles. The van der Waals surface area contributed by atoms with Gasteiger partial charge in [-0.1, -0.05) is 6.07 Å². The van der Waals surface area contributed by atoms with Crippen molar-refractivity contribution in [2.24, 2.45) is 0 Å². The number of fused-ring (bicyclic) bond motifs is 1. The molecule has 0 unspecified atom stereocenters. The van der Waals surface area contributed by atoms with Crippen molar-refractivity contribution in [1.29, 1.82) is 0 Å². The molecule has 16 heteroatoms. The molecule has 43 heavy (non-hydrogen) atoms. The highest BCUT2D eigenvalue weighted by Crippen LogP contribution is 2.44. The highest BCUT2D eigenvalue weighted by Gasteiger charge is 2.46. The van der Waals surface area contributed by atoms with Crippen LogP contribution in [0.3, 0.4) is 0 Å². The summed E-state index contributed by atoms with van der Waals surface area (Å²) in [4.78, 5) is 0. The number of benzene rings is 2. The van der Waals surface area contributed by atoms with Crippen LogP contribution in [0.15, 0.2) is 30.3 Å². The monoisotopic (exact) mass is 614 g/mol. The molecule has 0 aromatic heterocycles. The fourth-order valence-corrected chi connectivity index (χ4v) is 5.20. The number of hydrogen-bond acceptors (Lipinski definition) is 16. The van der Waals surface area contributed by atoms with Gasteiger partial charge in [-0.05, 0) is 17.7 Å². The van der Waals surface area contributed by atoms with Crippen LogP contribution in [0.25, 0.3) is 0 Å². The van der Waals surface area contributed by atoms with Crippen LogP contribution >= 0.6 is 0 Å². The number of phenolic OH excluding ortho intramolecular Hbond substituents is 2. The van der Waals surface area contributed by atoms with Crippen LogP contribution in [0.5, 0.6) is 28.7 Å². The SMILES string of the molecule is OC[C@H]1O[C@@H](Oc2cc(O)c3c(c2)O[C@H](c2ccc(O)c(O[C@@H]4O[C@H](CO)[C@@H](O)[C@H](O)[C@H]4O)c2)[C@H](O)C3)[C@H](O)[C@@H](O)[C@@H]1O. The van der Waals surface area contributed by atoms with Gasteiger partial charge in [-0.25, -0.2) is 0 Å². The number of aliphatic hydroxyl groups excluding tert-OH is 9. The van der Waals surface area contributed by atoms with Gasteiger partial charge in [0.15, 0.2) is 11.5 Å². The Hall–Kier alpha value is -3.00. The largest absolute Gasteiger partial charge is 0.507 e. The summed E-state index contributed by atoms with van der Waals surface area (Å²) in [7, 11) is 0. The molecule has 238 valence electrons. The average molecular weight is 615 g/mol. The Morgan fingerprint density at radius 3 is 1.84 bits per heavy atom. The van der Waals surface area contributed by atoms with Crippen LogP contribution in [-0.4, -0.2) is 137 Å². The third kappa shape index (κ3) is 6.04. The second kappa shape index (κ2) is 12.5. The summed E-state index contributed by atoms with van der Waals surface area (Å²) in [6, 6.07) is 6.42. The first-order chi connectivity index (χ1) is 20.4. The van der Waals surface area contributed by atoms with Crippen molar-refractivity contribution < 1.29 is 79.9 Å². The molecule has 0 aliphatic carbocycles. The lowest BCUT2D eigenvalue weighted by Gasteiger charge is -2.39. The van der Waals surface area contributed by atoms with Crippen molar-refractivity contribution in [3.8, 4) is 28.7 Å². The number of aromatic hydroxyl groups is 2. The van der Waals surface area contributed by atoms with Gasteiger partial charge < -0.3 is 79.9 Å². The molecule has 11 N–H and O–H groups in total. The van der Waals surface area contributed by atoms with Crippen molar-refractivity contribution in [3.63, 3.8) is 0 Å². The molecule has 16 nitrogen and oxygen atoms in total. The molecule has 0 bridgehead atoms. The Labute approximate surface area is 243 Å². The fraction of sp³-hybridized carbons (Fsp3) is 0.556. The highest BCUT2D eigenvalue weighted by molar-refractivity contribution is 5.52. The molecule has 3 heterocycles. The van der Waals surface area contributed by atoms with Gasteiger partial charge in [-0.2, -0.15) is 0 Å². The fourth-order valence-electron chi connectivity index (χ4n) is 5.20. The first-order valence-corrected chi connectivity index (χ1v) is 13.4. The summed E-state index contributed by atoms with van der Waals surface area (Å²) in [5.41, 5.74) is 0.497. The van der Waals surface area contributed by atoms with Crippen LogP contribution in [0, 0.1) is 0 Å². The van der Waals surface area contributed by atoms with Crippen molar-refractivity contribution in [3.05, 3.63) is 41.5 Å². The molecule has 3 aliphatic heterocycles. The van der Waals surface area contributed by atoms with Gasteiger partial charge in [0.05, 0.1) is 19.3 Å². The van der Waals surface area contributed by atoms with E-state index in [-0.39, 0.29) is 40.5 Å². The van der Waals surface area contributed by atoms with Crippen LogP contribution < -0.4 is 14.2 Å². The van der Waals surface area contributed by atoms with Crippen molar-refractivity contribution in [2.75, 3.05) is 13.2 Å². The zero-order valence-corrected chi connectivity index (χ0v) is 22.4. The molecule has 0 radical (unpaired) electrons. The molecular formula is C27H34O16. The van der Waals surface area contributed by atoms with E-state index in [0.717, 1.165) is 0 Å². The molecule has 2 aromatic carbocycles. The minimum absolute atomic E-state index is 0.0689. The normalized spacial score (nSPS) is 37.7. The van der Waals surface area contributed by atoms with Crippen LogP contribution in [0.2, 0.25) is 0 Å². The number of ether oxygens (including phenoxy) is 5. The standard InChI is InChI=1S/C27H34O16/c28-7-17-19(33)21(35)23(37)26(42-17)39-10-4-13(31)11-6-14(32)25(40-15(11)5-10)9-1-2-12(30)16(3-9)41-27-24(38)22(36)20(34)18(8-29)43-27/h1-5,14,17-38H,6-8H2/t14-,17-,18-,19-,20-,21+,22+,23-,24-,25-,26-,27-/m1/s1. The van der Waals surface area contributed by atoms with Gasteiger partial charge in [0, 0.05) is 24.1 Å². The Kier molecular flexibility index (Phi) is 9.17. The van der Waals surface area contributed by atoms with Gasteiger partial charge in [-0.3, -0.25) is 0 Å². The third-order valence-electron chi connectivity index (χ3n) is 7.68. The van der Waals surface area contributed by atoms with Gasteiger partial charge >= 0.3 is 0 Å². The smallest absolute Gasteiger partial charge is 0.229 e. The maximum Gasteiger partial charge on any atom is 0.229 e. The van der Waals surface area contributed by atoms with E-state index in [0.29, 0.717) is 0 Å². The van der Waals surface area contributed by atoms with E-state index in [1.165, 1.54) is 30.3 Å². The van der Waals surface area contributed by atoms with E-state index in [1.54, 1.807) is 0 Å². The number of aliphatic hydroxyl groups is 9. The average Bonchev–Trinajstić information content (AvgIpc) is 2.99. The molecule has 12 atom stereocenters.